The molecule has 3 rings (SSSR count). The second kappa shape index (κ2) is 4.58. The lowest BCUT2D eigenvalue weighted by molar-refractivity contribution is -0.115. The van der Waals surface area contributed by atoms with E-state index in [9.17, 15) is 4.79 Å². The zero-order valence-corrected chi connectivity index (χ0v) is 9.76. The van der Waals surface area contributed by atoms with Crippen molar-refractivity contribution in [2.45, 2.75) is 6.04 Å². The van der Waals surface area contributed by atoms with Gasteiger partial charge in [-0.2, -0.15) is 0 Å². The molecule has 0 bridgehead atoms. The van der Waals surface area contributed by atoms with Crippen molar-refractivity contribution < 1.29 is 4.79 Å². The van der Waals surface area contributed by atoms with Gasteiger partial charge in [0.15, 0.2) is 0 Å². The van der Waals surface area contributed by atoms with Crippen LogP contribution >= 0.6 is 0 Å². The Morgan fingerprint density at radius 2 is 1.94 bits per heavy atom. The van der Waals surface area contributed by atoms with Gasteiger partial charge in [0, 0.05) is 11.9 Å². The highest BCUT2D eigenvalue weighted by Crippen LogP contribution is 2.28. The first kappa shape index (κ1) is 10.9. The van der Waals surface area contributed by atoms with Crippen molar-refractivity contribution in [2.75, 3.05) is 11.9 Å². The van der Waals surface area contributed by atoms with Gasteiger partial charge in [-0.25, -0.2) is 0 Å². The average molecular weight is 239 g/mol. The number of anilines is 1. The van der Waals surface area contributed by atoms with Crippen molar-refractivity contribution in [3.8, 4) is 0 Å². The number of rotatable bonds is 1. The van der Waals surface area contributed by atoms with Crippen molar-refractivity contribution in [1.29, 1.82) is 0 Å². The summed E-state index contributed by atoms with van der Waals surface area (Å²) in [7, 11) is 0. The number of amides is 1. The molecule has 0 fully saturated rings. The number of carbonyl (C=O) groups is 1. The van der Waals surface area contributed by atoms with Gasteiger partial charge < -0.3 is 5.32 Å². The number of para-hydroxylation sites is 1. The van der Waals surface area contributed by atoms with Gasteiger partial charge in [-0.3, -0.25) is 15.1 Å². The zero-order chi connectivity index (χ0) is 12.4. The van der Waals surface area contributed by atoms with Gasteiger partial charge in [-0.15, -0.1) is 0 Å². The van der Waals surface area contributed by atoms with E-state index in [1.165, 1.54) is 0 Å². The smallest absolute Gasteiger partial charge is 0.238 e. The Morgan fingerprint density at radius 3 is 2.78 bits per heavy atom. The molecule has 0 saturated heterocycles. The van der Waals surface area contributed by atoms with Crippen LogP contribution < -0.4 is 10.6 Å². The van der Waals surface area contributed by atoms with E-state index in [2.05, 4.69) is 15.6 Å². The Hall–Kier alpha value is -2.20. The van der Waals surface area contributed by atoms with E-state index in [-0.39, 0.29) is 18.5 Å². The summed E-state index contributed by atoms with van der Waals surface area (Å²) in [5.74, 6) is -0.0270. The standard InChI is InChI=1S/C14H13N3O/c18-13-9-16-14(12-7-3-4-8-15-12)10-5-1-2-6-11(10)17-13/h1-8,14,16H,9H2,(H,17,18). The maximum absolute atomic E-state index is 11.6. The largest absolute Gasteiger partial charge is 0.325 e. The highest BCUT2D eigenvalue weighted by molar-refractivity contribution is 5.94. The topological polar surface area (TPSA) is 54.0 Å². The molecule has 1 aliphatic heterocycles. The second-order valence-corrected chi connectivity index (χ2v) is 4.20. The first-order valence-corrected chi connectivity index (χ1v) is 5.88. The first-order valence-electron chi connectivity index (χ1n) is 5.88. The maximum atomic E-state index is 11.6. The molecule has 4 nitrogen and oxygen atoms in total. The molecular weight excluding hydrogens is 226 g/mol. The number of nitrogens with one attached hydrogen (secondary N) is 2. The monoisotopic (exact) mass is 239 g/mol. The third-order valence-electron chi connectivity index (χ3n) is 3.00. The normalized spacial score (nSPS) is 18.7. The predicted octanol–water partition coefficient (Wildman–Crippen LogP) is 1.71. The number of fused-ring (bicyclic) bond motifs is 1. The molecule has 0 spiro atoms. The minimum absolute atomic E-state index is 0.0270. The van der Waals surface area contributed by atoms with Crippen molar-refractivity contribution in [1.82, 2.24) is 10.3 Å². The van der Waals surface area contributed by atoms with E-state index in [1.54, 1.807) is 6.20 Å². The van der Waals surface area contributed by atoms with Crippen LogP contribution in [0.3, 0.4) is 0 Å². The molecule has 2 aromatic rings. The lowest BCUT2D eigenvalue weighted by Crippen LogP contribution is -2.28. The zero-order valence-electron chi connectivity index (χ0n) is 9.76. The Balaban J connectivity index is 2.08. The molecule has 1 aliphatic rings. The van der Waals surface area contributed by atoms with Crippen molar-refractivity contribution in [2.24, 2.45) is 0 Å². The molecule has 1 atom stereocenters. The molecule has 1 aromatic carbocycles. The molecule has 2 N–H and O–H groups in total. The van der Waals surface area contributed by atoms with Gasteiger partial charge in [0.05, 0.1) is 18.3 Å². The fourth-order valence-electron chi connectivity index (χ4n) is 2.17. The van der Waals surface area contributed by atoms with Crippen LogP contribution in [0.4, 0.5) is 5.69 Å². The third-order valence-corrected chi connectivity index (χ3v) is 3.00. The summed E-state index contributed by atoms with van der Waals surface area (Å²) in [6, 6.07) is 13.5. The molecule has 0 saturated carbocycles. The summed E-state index contributed by atoms with van der Waals surface area (Å²) in [4.78, 5) is 16.0. The molecule has 2 heterocycles. The van der Waals surface area contributed by atoms with Gasteiger partial charge in [-0.05, 0) is 23.8 Å². The molecule has 90 valence electrons. The average Bonchev–Trinajstić information content (AvgIpc) is 2.58. The van der Waals surface area contributed by atoms with E-state index < -0.39 is 0 Å². The van der Waals surface area contributed by atoms with Crippen molar-refractivity contribution in [3.05, 3.63) is 59.9 Å². The van der Waals surface area contributed by atoms with Crippen LogP contribution in [0.1, 0.15) is 17.3 Å². The third kappa shape index (κ3) is 1.98. The minimum atomic E-state index is -0.0543. The minimum Gasteiger partial charge on any atom is -0.325 e. The first-order chi connectivity index (χ1) is 8.84. The van der Waals surface area contributed by atoms with Gasteiger partial charge in [0.1, 0.15) is 0 Å². The van der Waals surface area contributed by atoms with E-state index in [1.807, 2.05) is 42.5 Å². The number of pyridine rings is 1. The summed E-state index contributed by atoms with van der Waals surface area (Å²) in [5, 5.41) is 6.12. The molecule has 18 heavy (non-hydrogen) atoms. The van der Waals surface area contributed by atoms with Crippen LogP contribution in [-0.4, -0.2) is 17.4 Å². The van der Waals surface area contributed by atoms with Crippen LogP contribution in [0, 0.1) is 0 Å². The summed E-state index contributed by atoms with van der Waals surface area (Å²) >= 11 is 0. The Kier molecular flexibility index (Phi) is 2.78. The second-order valence-electron chi connectivity index (χ2n) is 4.20. The number of carbonyl (C=O) groups excluding carboxylic acids is 1. The van der Waals surface area contributed by atoms with E-state index in [0.717, 1.165) is 16.9 Å². The van der Waals surface area contributed by atoms with Crippen molar-refractivity contribution in [3.63, 3.8) is 0 Å². The molecule has 1 aromatic heterocycles. The molecular formula is C14H13N3O. The SMILES string of the molecule is O=C1CNC(c2ccccn2)c2ccccc2N1. The quantitative estimate of drug-likeness (QED) is 0.796. The summed E-state index contributed by atoms with van der Waals surface area (Å²) in [6.45, 7) is 0.288. The fourth-order valence-corrected chi connectivity index (χ4v) is 2.17. The van der Waals surface area contributed by atoms with E-state index in [4.69, 9.17) is 0 Å². The van der Waals surface area contributed by atoms with Crippen LogP contribution in [-0.2, 0) is 4.79 Å². The Bertz CT molecular complexity index is 568. The number of aromatic nitrogens is 1. The molecule has 4 heteroatoms. The predicted molar refractivity (Wildman–Crippen MR) is 69.2 cm³/mol. The lowest BCUT2D eigenvalue weighted by atomic mass is 10.0. The number of nitrogens with zero attached hydrogens (tertiary/aromatic N) is 1. The number of hydrogen-bond acceptors (Lipinski definition) is 3. The van der Waals surface area contributed by atoms with Gasteiger partial charge >= 0.3 is 0 Å². The summed E-state index contributed by atoms with van der Waals surface area (Å²) in [5.41, 5.74) is 2.81. The summed E-state index contributed by atoms with van der Waals surface area (Å²) < 4.78 is 0. The van der Waals surface area contributed by atoms with E-state index >= 15 is 0 Å². The van der Waals surface area contributed by atoms with Gasteiger partial charge in [-0.1, -0.05) is 24.3 Å². The Morgan fingerprint density at radius 1 is 1.11 bits per heavy atom. The van der Waals surface area contributed by atoms with Crippen molar-refractivity contribution >= 4 is 11.6 Å². The highest BCUT2D eigenvalue weighted by Gasteiger charge is 2.22. The highest BCUT2D eigenvalue weighted by atomic mass is 16.1. The van der Waals surface area contributed by atoms with Gasteiger partial charge in [0.2, 0.25) is 5.91 Å². The fraction of sp³-hybridized carbons (Fsp3) is 0.143. The number of benzene rings is 1. The van der Waals surface area contributed by atoms with Gasteiger partial charge in [0.25, 0.3) is 0 Å². The number of hydrogen-bond donors (Lipinski definition) is 2. The lowest BCUT2D eigenvalue weighted by Gasteiger charge is -2.17. The molecule has 1 amide bonds. The van der Waals surface area contributed by atoms with Crippen LogP contribution in [0.25, 0.3) is 0 Å². The summed E-state index contributed by atoms with van der Waals surface area (Å²) in [6.07, 6.45) is 1.76. The Labute approximate surface area is 105 Å². The molecule has 0 aliphatic carbocycles. The molecule has 1 unspecified atom stereocenters. The van der Waals surface area contributed by atoms with Crippen LogP contribution in [0.15, 0.2) is 48.7 Å². The van der Waals surface area contributed by atoms with E-state index in [0.29, 0.717) is 0 Å². The molecule has 0 radical (unpaired) electrons. The van der Waals surface area contributed by atoms with Crippen LogP contribution in [0.5, 0.6) is 0 Å². The van der Waals surface area contributed by atoms with Crippen LogP contribution in [0.2, 0.25) is 0 Å². The maximum Gasteiger partial charge on any atom is 0.238 e.